The predicted molar refractivity (Wildman–Crippen MR) is 121 cm³/mol. The van der Waals surface area contributed by atoms with Crippen molar-refractivity contribution in [3.05, 3.63) is 58.7 Å². The van der Waals surface area contributed by atoms with Gasteiger partial charge >= 0.3 is 0 Å². The van der Waals surface area contributed by atoms with Gasteiger partial charge in [0.05, 0.1) is 28.4 Å². The third-order valence-corrected chi connectivity index (χ3v) is 4.93. The summed E-state index contributed by atoms with van der Waals surface area (Å²) in [5, 5.41) is 0. The Balaban J connectivity index is 2.28. The molecule has 2 rings (SSSR count). The molecule has 0 aliphatic carbocycles. The molecule has 2 aromatic rings. The minimum absolute atomic E-state index is 0.108. The van der Waals surface area contributed by atoms with Crippen LogP contribution in [-0.4, -0.2) is 34.2 Å². The van der Waals surface area contributed by atoms with Crippen LogP contribution in [0, 0.1) is 0 Å². The molecule has 0 saturated carbocycles. The average Bonchev–Trinajstić information content (AvgIpc) is 2.79. The summed E-state index contributed by atoms with van der Waals surface area (Å²) in [7, 11) is 6.46. The summed E-state index contributed by atoms with van der Waals surface area (Å²) in [6.45, 7) is 4.08. The van der Waals surface area contributed by atoms with Crippen molar-refractivity contribution in [3.63, 3.8) is 0 Å². The van der Waals surface area contributed by atoms with Crippen LogP contribution in [-0.2, 0) is 17.6 Å². The van der Waals surface area contributed by atoms with Gasteiger partial charge in [-0.2, -0.15) is 0 Å². The topological polar surface area (TPSA) is 54.0 Å². The van der Waals surface area contributed by atoms with E-state index in [1.54, 1.807) is 40.6 Å². The van der Waals surface area contributed by atoms with Gasteiger partial charge < -0.3 is 18.9 Å². The Morgan fingerprint density at radius 2 is 1.10 bits per heavy atom. The fourth-order valence-electron chi connectivity index (χ4n) is 3.45. The molecule has 0 aromatic heterocycles. The maximum Gasteiger partial charge on any atom is 0.178 e. The number of carbonyl (C=O) groups is 1. The quantitative estimate of drug-likeness (QED) is 0.508. The van der Waals surface area contributed by atoms with E-state index in [4.69, 9.17) is 18.9 Å². The SMILES string of the molecule is CCc1c(/C=C/C(=O)/C=C/c2ccc(OC)c(OC)c2CC)ccc(OC)c1OC. The summed E-state index contributed by atoms with van der Waals surface area (Å²) in [6.07, 6.45) is 8.25. The highest BCUT2D eigenvalue weighted by molar-refractivity contribution is 6.04. The molecule has 0 aliphatic rings. The molecule has 0 heterocycles. The van der Waals surface area contributed by atoms with E-state index in [0.29, 0.717) is 23.0 Å². The fraction of sp³-hybridized carbons (Fsp3) is 0.320. The number of ketones is 1. The number of rotatable bonds is 10. The van der Waals surface area contributed by atoms with Crippen molar-refractivity contribution in [3.8, 4) is 23.0 Å². The van der Waals surface area contributed by atoms with Crippen LogP contribution >= 0.6 is 0 Å². The van der Waals surface area contributed by atoms with Crippen LogP contribution in [0.3, 0.4) is 0 Å². The van der Waals surface area contributed by atoms with Gasteiger partial charge in [0.25, 0.3) is 0 Å². The lowest BCUT2D eigenvalue weighted by molar-refractivity contribution is -0.110. The number of hydrogen-bond donors (Lipinski definition) is 0. The third-order valence-electron chi connectivity index (χ3n) is 4.93. The monoisotopic (exact) mass is 410 g/mol. The molecule has 0 fully saturated rings. The van der Waals surface area contributed by atoms with Crippen LogP contribution in [0.2, 0.25) is 0 Å². The van der Waals surface area contributed by atoms with Gasteiger partial charge in [-0.25, -0.2) is 0 Å². The number of allylic oxidation sites excluding steroid dienone is 2. The van der Waals surface area contributed by atoms with Crippen molar-refractivity contribution >= 4 is 17.9 Å². The molecule has 0 unspecified atom stereocenters. The highest BCUT2D eigenvalue weighted by Crippen LogP contribution is 2.35. The molecule has 0 spiro atoms. The van der Waals surface area contributed by atoms with E-state index in [0.717, 1.165) is 35.1 Å². The van der Waals surface area contributed by atoms with Crippen LogP contribution in [0.5, 0.6) is 23.0 Å². The van der Waals surface area contributed by atoms with E-state index >= 15 is 0 Å². The Labute approximate surface area is 178 Å². The van der Waals surface area contributed by atoms with Crippen LogP contribution in [0.25, 0.3) is 12.2 Å². The van der Waals surface area contributed by atoms with Crippen LogP contribution in [0.4, 0.5) is 0 Å². The first-order chi connectivity index (χ1) is 14.5. The number of ether oxygens (including phenoxy) is 4. The van der Waals surface area contributed by atoms with Gasteiger partial charge in [0.2, 0.25) is 0 Å². The number of methoxy groups -OCH3 is 4. The number of benzene rings is 2. The molecular formula is C25H30O5. The molecule has 0 amide bonds. The Morgan fingerprint density at radius 1 is 0.700 bits per heavy atom. The van der Waals surface area contributed by atoms with Gasteiger partial charge in [0.1, 0.15) is 0 Å². The molecule has 0 atom stereocenters. The average molecular weight is 411 g/mol. The summed E-state index contributed by atoms with van der Waals surface area (Å²) in [5.74, 6) is 2.64. The zero-order valence-electron chi connectivity index (χ0n) is 18.6. The van der Waals surface area contributed by atoms with E-state index in [1.165, 1.54) is 0 Å². The summed E-state index contributed by atoms with van der Waals surface area (Å²) in [6, 6.07) is 7.54. The summed E-state index contributed by atoms with van der Waals surface area (Å²) < 4.78 is 21.7. The lowest BCUT2D eigenvalue weighted by atomic mass is 10.0. The smallest absolute Gasteiger partial charge is 0.178 e. The van der Waals surface area contributed by atoms with E-state index in [-0.39, 0.29) is 5.78 Å². The highest BCUT2D eigenvalue weighted by Gasteiger charge is 2.13. The van der Waals surface area contributed by atoms with Gasteiger partial charge in [0, 0.05) is 11.1 Å². The molecule has 0 radical (unpaired) electrons. The molecule has 0 bridgehead atoms. The van der Waals surface area contributed by atoms with Gasteiger partial charge in [-0.1, -0.05) is 38.1 Å². The summed E-state index contributed by atoms with van der Waals surface area (Å²) in [5.41, 5.74) is 3.85. The molecule has 0 N–H and O–H groups in total. The number of hydrogen-bond acceptors (Lipinski definition) is 5. The maximum absolute atomic E-state index is 12.5. The Hall–Kier alpha value is -3.21. The van der Waals surface area contributed by atoms with Crippen molar-refractivity contribution in [2.45, 2.75) is 26.7 Å². The molecule has 0 saturated heterocycles. The van der Waals surface area contributed by atoms with E-state index in [1.807, 2.05) is 50.3 Å². The van der Waals surface area contributed by atoms with Gasteiger partial charge in [0.15, 0.2) is 28.8 Å². The lowest BCUT2D eigenvalue weighted by Crippen LogP contribution is -1.98. The van der Waals surface area contributed by atoms with Crippen molar-refractivity contribution in [1.29, 1.82) is 0 Å². The minimum Gasteiger partial charge on any atom is -0.493 e. The van der Waals surface area contributed by atoms with Crippen molar-refractivity contribution in [1.82, 2.24) is 0 Å². The molecule has 0 aliphatic heterocycles. The maximum atomic E-state index is 12.5. The van der Waals surface area contributed by atoms with Crippen LogP contribution < -0.4 is 18.9 Å². The van der Waals surface area contributed by atoms with Crippen molar-refractivity contribution in [2.24, 2.45) is 0 Å². The molecule has 160 valence electrons. The zero-order valence-corrected chi connectivity index (χ0v) is 18.6. The second-order valence-corrected chi connectivity index (χ2v) is 6.51. The fourth-order valence-corrected chi connectivity index (χ4v) is 3.45. The standard InChI is InChI=1S/C25H30O5/c1-7-20-17(11-15-22(27-3)24(20)29-5)9-13-19(26)14-10-18-12-16-23(28-4)25(30-6)21(18)8-2/h9-16H,7-8H2,1-6H3/b13-9+,14-10+. The molecule has 5 nitrogen and oxygen atoms in total. The third kappa shape index (κ3) is 5.03. The molecule has 5 heteroatoms. The summed E-state index contributed by atoms with van der Waals surface area (Å²) >= 11 is 0. The first-order valence-corrected chi connectivity index (χ1v) is 9.92. The Bertz CT molecular complexity index is 866. The van der Waals surface area contributed by atoms with Gasteiger partial charge in [-0.3, -0.25) is 4.79 Å². The Morgan fingerprint density at radius 3 is 1.40 bits per heavy atom. The van der Waals surface area contributed by atoms with Crippen molar-refractivity contribution in [2.75, 3.05) is 28.4 Å². The predicted octanol–water partition coefficient (Wildman–Crippen LogP) is 5.14. The number of carbonyl (C=O) groups excluding carboxylic acids is 1. The van der Waals surface area contributed by atoms with Gasteiger partial charge in [-0.05, 0) is 48.3 Å². The normalized spacial score (nSPS) is 11.1. The van der Waals surface area contributed by atoms with Crippen molar-refractivity contribution < 1.29 is 23.7 Å². The second kappa shape index (κ2) is 11.1. The molecular weight excluding hydrogens is 380 g/mol. The van der Waals surface area contributed by atoms with E-state index < -0.39 is 0 Å². The molecule has 30 heavy (non-hydrogen) atoms. The van der Waals surface area contributed by atoms with E-state index in [2.05, 4.69) is 0 Å². The summed E-state index contributed by atoms with van der Waals surface area (Å²) in [4.78, 5) is 12.5. The lowest BCUT2D eigenvalue weighted by Gasteiger charge is -2.14. The second-order valence-electron chi connectivity index (χ2n) is 6.51. The first kappa shape index (κ1) is 23.1. The zero-order chi connectivity index (χ0) is 22.1. The van der Waals surface area contributed by atoms with Crippen LogP contribution in [0.1, 0.15) is 36.1 Å². The minimum atomic E-state index is -0.108. The molecule has 2 aromatic carbocycles. The largest absolute Gasteiger partial charge is 0.493 e. The van der Waals surface area contributed by atoms with E-state index in [9.17, 15) is 4.79 Å². The van der Waals surface area contributed by atoms with Gasteiger partial charge in [-0.15, -0.1) is 0 Å². The first-order valence-electron chi connectivity index (χ1n) is 9.92. The highest BCUT2D eigenvalue weighted by atomic mass is 16.5. The van der Waals surface area contributed by atoms with Crippen LogP contribution in [0.15, 0.2) is 36.4 Å². The Kier molecular flexibility index (Phi) is 8.54.